The van der Waals surface area contributed by atoms with Crippen molar-refractivity contribution in [3.63, 3.8) is 0 Å². The van der Waals surface area contributed by atoms with Crippen LogP contribution in [0.5, 0.6) is 0 Å². The molecule has 0 aliphatic heterocycles. The quantitative estimate of drug-likeness (QED) is 0.846. The first kappa shape index (κ1) is 14.3. The number of hydrogen-bond acceptors (Lipinski definition) is 3. The fourth-order valence-corrected chi connectivity index (χ4v) is 1.94. The van der Waals surface area contributed by atoms with Crippen molar-refractivity contribution in [1.82, 2.24) is 5.32 Å². The van der Waals surface area contributed by atoms with Gasteiger partial charge in [-0.2, -0.15) is 0 Å². The molecule has 1 aromatic heterocycles. The van der Waals surface area contributed by atoms with Gasteiger partial charge in [-0.1, -0.05) is 38.1 Å². The highest BCUT2D eigenvalue weighted by Gasteiger charge is 2.07. The van der Waals surface area contributed by atoms with Gasteiger partial charge in [0.2, 0.25) is 0 Å². The molecule has 0 unspecified atom stereocenters. The van der Waals surface area contributed by atoms with E-state index in [1.54, 1.807) is 0 Å². The Labute approximate surface area is 118 Å². The van der Waals surface area contributed by atoms with E-state index in [0.29, 0.717) is 18.2 Å². The SMILES string of the molecule is CC(C)c1ccc(CNCc2cc(C(=O)O)co2)cc1. The number of furan rings is 1. The van der Waals surface area contributed by atoms with Crippen molar-refractivity contribution in [2.24, 2.45) is 0 Å². The number of carboxylic acid groups (broad SMARTS) is 1. The van der Waals surface area contributed by atoms with Gasteiger partial charge in [0.15, 0.2) is 0 Å². The highest BCUT2D eigenvalue weighted by molar-refractivity contribution is 5.87. The van der Waals surface area contributed by atoms with E-state index in [9.17, 15) is 4.79 Å². The number of carbonyl (C=O) groups is 1. The van der Waals surface area contributed by atoms with Gasteiger partial charge in [-0.15, -0.1) is 0 Å². The number of hydrogen-bond donors (Lipinski definition) is 2. The normalized spacial score (nSPS) is 10.9. The Morgan fingerprint density at radius 2 is 1.95 bits per heavy atom. The van der Waals surface area contributed by atoms with Gasteiger partial charge in [0.25, 0.3) is 0 Å². The molecule has 0 saturated heterocycles. The van der Waals surface area contributed by atoms with Gasteiger partial charge in [-0.05, 0) is 23.1 Å². The molecule has 4 heteroatoms. The predicted molar refractivity (Wildman–Crippen MR) is 76.7 cm³/mol. The first-order chi connectivity index (χ1) is 9.56. The maximum absolute atomic E-state index is 10.7. The second kappa shape index (κ2) is 6.39. The minimum Gasteiger partial charge on any atom is -0.478 e. The minimum absolute atomic E-state index is 0.183. The Kier molecular flexibility index (Phi) is 4.58. The summed E-state index contributed by atoms with van der Waals surface area (Å²) in [6.45, 7) is 5.58. The summed E-state index contributed by atoms with van der Waals surface area (Å²) in [5.41, 5.74) is 2.70. The monoisotopic (exact) mass is 273 g/mol. The first-order valence-corrected chi connectivity index (χ1v) is 6.66. The van der Waals surface area contributed by atoms with Crippen LogP contribution in [-0.4, -0.2) is 11.1 Å². The zero-order valence-electron chi connectivity index (χ0n) is 11.7. The lowest BCUT2D eigenvalue weighted by Crippen LogP contribution is -2.12. The second-order valence-electron chi connectivity index (χ2n) is 5.11. The first-order valence-electron chi connectivity index (χ1n) is 6.66. The molecule has 0 saturated carbocycles. The molecule has 0 fully saturated rings. The summed E-state index contributed by atoms with van der Waals surface area (Å²) in [6.07, 6.45) is 1.26. The van der Waals surface area contributed by atoms with Gasteiger partial charge >= 0.3 is 5.97 Å². The van der Waals surface area contributed by atoms with Crippen LogP contribution in [-0.2, 0) is 13.1 Å². The summed E-state index contributed by atoms with van der Waals surface area (Å²) in [4.78, 5) is 10.7. The average molecular weight is 273 g/mol. The van der Waals surface area contributed by atoms with Crippen molar-refractivity contribution in [1.29, 1.82) is 0 Å². The molecule has 20 heavy (non-hydrogen) atoms. The summed E-state index contributed by atoms with van der Waals surface area (Å²) < 4.78 is 5.17. The lowest BCUT2D eigenvalue weighted by molar-refractivity contribution is 0.0696. The molecule has 0 spiro atoms. The largest absolute Gasteiger partial charge is 0.478 e. The number of nitrogens with one attached hydrogen (secondary N) is 1. The highest BCUT2D eigenvalue weighted by atomic mass is 16.4. The maximum Gasteiger partial charge on any atom is 0.338 e. The summed E-state index contributed by atoms with van der Waals surface area (Å²) in [5.74, 6) is 0.194. The summed E-state index contributed by atoms with van der Waals surface area (Å²) in [6, 6.07) is 10.0. The van der Waals surface area contributed by atoms with E-state index >= 15 is 0 Å². The van der Waals surface area contributed by atoms with Gasteiger partial charge in [0, 0.05) is 6.54 Å². The lowest BCUT2D eigenvalue weighted by atomic mass is 10.0. The smallest absolute Gasteiger partial charge is 0.338 e. The Bertz CT molecular complexity index is 570. The summed E-state index contributed by atoms with van der Waals surface area (Å²) in [5, 5.41) is 12.0. The molecule has 106 valence electrons. The van der Waals surface area contributed by atoms with Crippen LogP contribution in [0, 0.1) is 0 Å². The van der Waals surface area contributed by atoms with Gasteiger partial charge in [0.05, 0.1) is 12.1 Å². The number of aromatic carboxylic acids is 1. The van der Waals surface area contributed by atoms with Crippen molar-refractivity contribution in [2.75, 3.05) is 0 Å². The molecule has 1 aromatic carbocycles. The fourth-order valence-electron chi connectivity index (χ4n) is 1.94. The van der Waals surface area contributed by atoms with Crippen molar-refractivity contribution >= 4 is 5.97 Å². The van der Waals surface area contributed by atoms with E-state index in [1.807, 2.05) is 0 Å². The zero-order chi connectivity index (χ0) is 14.5. The van der Waals surface area contributed by atoms with E-state index in [4.69, 9.17) is 9.52 Å². The fraction of sp³-hybridized carbons (Fsp3) is 0.312. The molecular formula is C16H19NO3. The maximum atomic E-state index is 10.7. The third-order valence-corrected chi connectivity index (χ3v) is 3.18. The van der Waals surface area contributed by atoms with Crippen LogP contribution in [0.2, 0.25) is 0 Å². The molecular weight excluding hydrogens is 254 g/mol. The van der Waals surface area contributed by atoms with Crippen LogP contribution in [0.3, 0.4) is 0 Å². The standard InChI is InChI=1S/C16H19NO3/c1-11(2)13-5-3-12(4-6-13)8-17-9-15-7-14(10-20-15)16(18)19/h3-7,10-11,17H,8-9H2,1-2H3,(H,18,19). The third kappa shape index (κ3) is 3.71. The topological polar surface area (TPSA) is 62.5 Å². The summed E-state index contributed by atoms with van der Waals surface area (Å²) >= 11 is 0. The van der Waals surface area contributed by atoms with Crippen LogP contribution in [0.4, 0.5) is 0 Å². The van der Waals surface area contributed by atoms with Gasteiger partial charge < -0.3 is 14.8 Å². The minimum atomic E-state index is -0.968. The van der Waals surface area contributed by atoms with E-state index in [1.165, 1.54) is 23.5 Å². The molecule has 4 nitrogen and oxygen atoms in total. The van der Waals surface area contributed by atoms with Crippen molar-refractivity contribution < 1.29 is 14.3 Å². The van der Waals surface area contributed by atoms with E-state index in [2.05, 4.69) is 43.4 Å². The predicted octanol–water partition coefficient (Wildman–Crippen LogP) is 3.39. The van der Waals surface area contributed by atoms with Crippen LogP contribution < -0.4 is 5.32 Å². The molecule has 0 aliphatic carbocycles. The Morgan fingerprint density at radius 1 is 1.25 bits per heavy atom. The summed E-state index contributed by atoms with van der Waals surface area (Å²) in [7, 11) is 0. The number of rotatable bonds is 6. The van der Waals surface area contributed by atoms with Crippen molar-refractivity contribution in [3.05, 3.63) is 59.0 Å². The van der Waals surface area contributed by atoms with Crippen LogP contribution in [0.15, 0.2) is 41.0 Å². The Morgan fingerprint density at radius 3 is 2.50 bits per heavy atom. The Balaban J connectivity index is 1.84. The highest BCUT2D eigenvalue weighted by Crippen LogP contribution is 2.14. The van der Waals surface area contributed by atoms with E-state index < -0.39 is 5.97 Å². The molecule has 0 bridgehead atoms. The molecule has 1 heterocycles. The molecule has 0 aliphatic rings. The zero-order valence-corrected chi connectivity index (χ0v) is 11.7. The van der Waals surface area contributed by atoms with Gasteiger partial charge in [-0.3, -0.25) is 0 Å². The second-order valence-corrected chi connectivity index (χ2v) is 5.11. The molecule has 0 amide bonds. The average Bonchev–Trinajstić information content (AvgIpc) is 2.88. The van der Waals surface area contributed by atoms with E-state index in [-0.39, 0.29) is 5.56 Å². The van der Waals surface area contributed by atoms with Crippen LogP contribution in [0.1, 0.15) is 47.0 Å². The van der Waals surface area contributed by atoms with Gasteiger partial charge in [-0.25, -0.2) is 4.79 Å². The lowest BCUT2D eigenvalue weighted by Gasteiger charge is -2.07. The molecule has 0 radical (unpaired) electrons. The van der Waals surface area contributed by atoms with Crippen LogP contribution >= 0.6 is 0 Å². The molecule has 0 atom stereocenters. The van der Waals surface area contributed by atoms with Crippen molar-refractivity contribution in [3.8, 4) is 0 Å². The number of benzene rings is 1. The Hall–Kier alpha value is -2.07. The molecule has 2 N–H and O–H groups in total. The van der Waals surface area contributed by atoms with Crippen LogP contribution in [0.25, 0.3) is 0 Å². The molecule has 2 aromatic rings. The van der Waals surface area contributed by atoms with Gasteiger partial charge in [0.1, 0.15) is 12.0 Å². The molecule has 2 rings (SSSR count). The van der Waals surface area contributed by atoms with E-state index in [0.717, 1.165) is 6.54 Å². The van der Waals surface area contributed by atoms with Crippen molar-refractivity contribution in [2.45, 2.75) is 32.9 Å². The third-order valence-electron chi connectivity index (χ3n) is 3.18. The number of carboxylic acids is 1.